The van der Waals surface area contributed by atoms with Gasteiger partial charge in [-0.05, 0) is 24.2 Å². The third kappa shape index (κ3) is 3.49. The fourth-order valence-corrected chi connectivity index (χ4v) is 2.58. The van der Waals surface area contributed by atoms with Crippen molar-refractivity contribution in [1.82, 2.24) is 15.3 Å². The first-order chi connectivity index (χ1) is 8.29. The van der Waals surface area contributed by atoms with Crippen molar-refractivity contribution in [1.29, 1.82) is 0 Å². The second-order valence-corrected chi connectivity index (χ2v) is 5.00. The van der Waals surface area contributed by atoms with Gasteiger partial charge in [-0.25, -0.2) is 4.98 Å². The highest BCUT2D eigenvalue weighted by molar-refractivity contribution is 7.99. The van der Waals surface area contributed by atoms with Gasteiger partial charge < -0.3 is 10.3 Å². The number of hydrogen-bond donors (Lipinski definition) is 2. The molecule has 17 heavy (non-hydrogen) atoms. The van der Waals surface area contributed by atoms with Gasteiger partial charge in [0.1, 0.15) is 0 Å². The van der Waals surface area contributed by atoms with Crippen molar-refractivity contribution in [2.45, 2.75) is 23.5 Å². The van der Waals surface area contributed by atoms with Gasteiger partial charge in [0, 0.05) is 28.9 Å². The van der Waals surface area contributed by atoms with Crippen LogP contribution in [-0.4, -0.2) is 16.5 Å². The lowest BCUT2D eigenvalue weighted by Gasteiger charge is -2.08. The Morgan fingerprint density at radius 2 is 2.35 bits per heavy atom. The van der Waals surface area contributed by atoms with E-state index in [1.54, 1.807) is 18.0 Å². The van der Waals surface area contributed by atoms with E-state index in [9.17, 15) is 0 Å². The Morgan fingerprint density at radius 1 is 1.47 bits per heavy atom. The van der Waals surface area contributed by atoms with Gasteiger partial charge in [0.2, 0.25) is 0 Å². The van der Waals surface area contributed by atoms with Gasteiger partial charge in [0.25, 0.3) is 0 Å². The highest BCUT2D eigenvalue weighted by atomic mass is 35.5. The van der Waals surface area contributed by atoms with Crippen molar-refractivity contribution in [2.75, 3.05) is 6.54 Å². The molecule has 0 spiro atoms. The van der Waals surface area contributed by atoms with E-state index in [1.165, 1.54) is 5.56 Å². The number of aromatic amines is 1. The smallest absolute Gasteiger partial charge is 0.170 e. The summed E-state index contributed by atoms with van der Waals surface area (Å²) in [6, 6.07) is 5.94. The van der Waals surface area contributed by atoms with Gasteiger partial charge in [-0.3, -0.25) is 0 Å². The molecule has 0 atom stereocenters. The van der Waals surface area contributed by atoms with Crippen LogP contribution in [0.2, 0.25) is 5.02 Å². The number of imidazole rings is 1. The Morgan fingerprint density at radius 3 is 3.06 bits per heavy atom. The van der Waals surface area contributed by atoms with Gasteiger partial charge in [-0.15, -0.1) is 0 Å². The van der Waals surface area contributed by atoms with Crippen molar-refractivity contribution in [3.63, 3.8) is 0 Å². The fraction of sp³-hybridized carbons (Fsp3) is 0.250. The Hall–Kier alpha value is -0.970. The molecule has 90 valence electrons. The maximum Gasteiger partial charge on any atom is 0.170 e. The van der Waals surface area contributed by atoms with E-state index < -0.39 is 0 Å². The molecule has 0 radical (unpaired) electrons. The molecule has 0 aliphatic carbocycles. The Labute approximate surface area is 110 Å². The van der Waals surface area contributed by atoms with E-state index in [0.29, 0.717) is 0 Å². The lowest BCUT2D eigenvalue weighted by atomic mass is 10.2. The molecular weight excluding hydrogens is 254 g/mol. The van der Waals surface area contributed by atoms with E-state index in [1.807, 2.05) is 18.3 Å². The SMILES string of the molecule is CCNCc1ccc(Cl)cc1Sc1ncc[nH]1. The molecule has 0 saturated carbocycles. The molecule has 2 rings (SSSR count). The topological polar surface area (TPSA) is 40.7 Å². The van der Waals surface area contributed by atoms with Crippen molar-refractivity contribution in [3.05, 3.63) is 41.2 Å². The van der Waals surface area contributed by atoms with Crippen molar-refractivity contribution in [2.24, 2.45) is 0 Å². The number of rotatable bonds is 5. The number of nitrogens with zero attached hydrogens (tertiary/aromatic N) is 1. The summed E-state index contributed by atoms with van der Waals surface area (Å²) in [7, 11) is 0. The van der Waals surface area contributed by atoms with E-state index >= 15 is 0 Å². The van der Waals surface area contributed by atoms with Crippen molar-refractivity contribution >= 4 is 23.4 Å². The lowest BCUT2D eigenvalue weighted by Crippen LogP contribution is -2.12. The number of H-pyrrole nitrogens is 1. The van der Waals surface area contributed by atoms with Crippen molar-refractivity contribution in [3.8, 4) is 0 Å². The predicted molar refractivity (Wildman–Crippen MR) is 71.5 cm³/mol. The zero-order chi connectivity index (χ0) is 12.1. The van der Waals surface area contributed by atoms with Crippen molar-refractivity contribution < 1.29 is 0 Å². The third-order valence-corrected chi connectivity index (χ3v) is 3.53. The summed E-state index contributed by atoms with van der Waals surface area (Å²) in [5.74, 6) is 0. The van der Waals surface area contributed by atoms with Gasteiger partial charge in [0.05, 0.1) is 0 Å². The molecule has 1 aromatic carbocycles. The van der Waals surface area contributed by atoms with Crippen LogP contribution in [0.25, 0.3) is 0 Å². The highest BCUT2D eigenvalue weighted by Gasteiger charge is 2.06. The maximum absolute atomic E-state index is 6.03. The molecule has 1 heterocycles. The molecule has 0 aliphatic rings. The number of benzene rings is 1. The number of nitrogens with one attached hydrogen (secondary N) is 2. The van der Waals surface area contributed by atoms with Gasteiger partial charge in [0.15, 0.2) is 5.16 Å². The Balaban J connectivity index is 2.20. The van der Waals surface area contributed by atoms with Crippen LogP contribution in [0.3, 0.4) is 0 Å². The second kappa shape index (κ2) is 6.10. The molecule has 0 aliphatic heterocycles. The standard InChI is InChI=1S/C12H14ClN3S/c1-2-14-8-9-3-4-10(13)7-11(9)17-12-15-5-6-16-12/h3-7,14H,2,8H2,1H3,(H,15,16). The number of aromatic nitrogens is 2. The van der Waals surface area contributed by atoms with Crippen LogP contribution in [0.1, 0.15) is 12.5 Å². The summed E-state index contributed by atoms with van der Waals surface area (Å²) in [5.41, 5.74) is 1.23. The molecular formula is C12H14ClN3S. The van der Waals surface area contributed by atoms with Gasteiger partial charge in [-0.2, -0.15) is 0 Å². The Kier molecular flexibility index (Phi) is 4.48. The molecule has 1 aromatic heterocycles. The first-order valence-corrected chi connectivity index (χ1v) is 6.65. The average molecular weight is 268 g/mol. The van der Waals surface area contributed by atoms with Crippen LogP contribution in [-0.2, 0) is 6.54 Å². The van der Waals surface area contributed by atoms with Crippen LogP contribution >= 0.6 is 23.4 Å². The summed E-state index contributed by atoms with van der Waals surface area (Å²) in [4.78, 5) is 8.42. The van der Waals surface area contributed by atoms with E-state index in [0.717, 1.165) is 28.2 Å². The lowest BCUT2D eigenvalue weighted by molar-refractivity contribution is 0.718. The van der Waals surface area contributed by atoms with Crippen LogP contribution in [0, 0.1) is 0 Å². The maximum atomic E-state index is 6.03. The van der Waals surface area contributed by atoms with E-state index in [4.69, 9.17) is 11.6 Å². The van der Waals surface area contributed by atoms with Crippen LogP contribution in [0.5, 0.6) is 0 Å². The van der Waals surface area contributed by atoms with Crippen LogP contribution in [0.15, 0.2) is 40.6 Å². The zero-order valence-electron chi connectivity index (χ0n) is 9.53. The molecule has 2 aromatic rings. The minimum absolute atomic E-state index is 0.749. The fourth-order valence-electron chi connectivity index (χ4n) is 1.44. The average Bonchev–Trinajstić information content (AvgIpc) is 2.81. The van der Waals surface area contributed by atoms with Crippen LogP contribution in [0.4, 0.5) is 0 Å². The van der Waals surface area contributed by atoms with Gasteiger partial charge >= 0.3 is 0 Å². The third-order valence-electron chi connectivity index (χ3n) is 2.27. The minimum Gasteiger partial charge on any atom is -0.339 e. The molecule has 0 saturated heterocycles. The molecule has 0 unspecified atom stereocenters. The second-order valence-electron chi connectivity index (χ2n) is 3.53. The molecule has 3 nitrogen and oxygen atoms in total. The summed E-state index contributed by atoms with van der Waals surface area (Å²) in [6.45, 7) is 3.89. The summed E-state index contributed by atoms with van der Waals surface area (Å²) in [6.07, 6.45) is 3.56. The highest BCUT2D eigenvalue weighted by Crippen LogP contribution is 2.30. The first kappa shape index (κ1) is 12.5. The summed E-state index contributed by atoms with van der Waals surface area (Å²) < 4.78 is 0. The molecule has 5 heteroatoms. The largest absolute Gasteiger partial charge is 0.339 e. The quantitative estimate of drug-likeness (QED) is 0.873. The predicted octanol–water partition coefficient (Wildman–Crippen LogP) is 3.32. The number of hydrogen-bond acceptors (Lipinski definition) is 3. The number of halogens is 1. The molecule has 0 amide bonds. The Bertz CT molecular complexity index is 471. The molecule has 0 bridgehead atoms. The minimum atomic E-state index is 0.749. The first-order valence-electron chi connectivity index (χ1n) is 5.46. The monoisotopic (exact) mass is 267 g/mol. The normalized spacial score (nSPS) is 10.7. The molecule has 0 fully saturated rings. The van der Waals surface area contributed by atoms with Crippen LogP contribution < -0.4 is 5.32 Å². The zero-order valence-corrected chi connectivity index (χ0v) is 11.1. The van der Waals surface area contributed by atoms with E-state index in [2.05, 4.69) is 28.3 Å². The van der Waals surface area contributed by atoms with Gasteiger partial charge in [-0.1, -0.05) is 36.4 Å². The van der Waals surface area contributed by atoms with E-state index in [-0.39, 0.29) is 0 Å². The summed E-state index contributed by atoms with van der Waals surface area (Å²) >= 11 is 7.62. The summed E-state index contributed by atoms with van der Waals surface area (Å²) in [5, 5.41) is 4.95. The molecule has 2 N–H and O–H groups in total.